The summed E-state index contributed by atoms with van der Waals surface area (Å²) in [6.45, 7) is 1.48. The number of ether oxygens (including phenoxy) is 2. The molecule has 1 amide bonds. The molecule has 3 aromatic rings. The van der Waals surface area contributed by atoms with Gasteiger partial charge in [0.1, 0.15) is 11.6 Å². The molecule has 1 aliphatic heterocycles. The van der Waals surface area contributed by atoms with Gasteiger partial charge in [-0.25, -0.2) is 19.3 Å². The lowest BCUT2D eigenvalue weighted by Gasteiger charge is -2.28. The molecule has 2 aliphatic carbocycles. The molecule has 1 saturated heterocycles. The number of hydrogen-bond donors (Lipinski definition) is 3. The summed E-state index contributed by atoms with van der Waals surface area (Å²) in [5, 5.41) is 6.31. The summed E-state index contributed by atoms with van der Waals surface area (Å²) in [6.07, 6.45) is 6.15. The second kappa shape index (κ2) is 9.94. The molecule has 0 bridgehead atoms. The fourth-order valence-electron chi connectivity index (χ4n) is 4.18. The molecule has 3 heterocycles. The van der Waals surface area contributed by atoms with Crippen LogP contribution < -0.4 is 10.6 Å². The average Bonchev–Trinajstić information content (AvgIpc) is 3.83. The van der Waals surface area contributed by atoms with Crippen molar-refractivity contribution in [3.63, 3.8) is 0 Å². The van der Waals surface area contributed by atoms with Crippen molar-refractivity contribution in [1.82, 2.24) is 25.3 Å². The Hall–Kier alpha value is -3.37. The number of benzene rings is 1. The van der Waals surface area contributed by atoms with Gasteiger partial charge in [-0.2, -0.15) is 0 Å². The summed E-state index contributed by atoms with van der Waals surface area (Å²) in [5.74, 6) is 1.29. The fraction of sp³-hybridized carbons (Fsp3) is 0.462. The Morgan fingerprint density at radius 2 is 1.83 bits per heavy atom. The lowest BCUT2D eigenvalue weighted by atomic mass is 10.1. The van der Waals surface area contributed by atoms with E-state index in [4.69, 9.17) is 19.4 Å². The molecule has 0 unspecified atom stereocenters. The zero-order valence-corrected chi connectivity index (χ0v) is 19.9. The van der Waals surface area contributed by atoms with Crippen LogP contribution in [0.25, 0.3) is 22.6 Å². The third-order valence-corrected chi connectivity index (χ3v) is 6.65. The second-order valence-electron chi connectivity index (χ2n) is 9.78. The number of nitrogens with zero attached hydrogens (tertiary/aromatic N) is 3. The van der Waals surface area contributed by atoms with Gasteiger partial charge in [-0.05, 0) is 61.9 Å². The van der Waals surface area contributed by atoms with Gasteiger partial charge in [0.25, 0.3) is 0 Å². The number of anilines is 1. The van der Waals surface area contributed by atoms with Crippen LogP contribution in [0.2, 0.25) is 0 Å². The molecule has 6 rings (SSSR count). The summed E-state index contributed by atoms with van der Waals surface area (Å²) in [5.41, 5.74) is 2.83. The first-order chi connectivity index (χ1) is 17.6. The van der Waals surface area contributed by atoms with Gasteiger partial charge < -0.3 is 25.1 Å². The Morgan fingerprint density at radius 1 is 1.06 bits per heavy atom. The minimum absolute atomic E-state index is 0.00954. The normalized spacial score (nSPS) is 21.8. The summed E-state index contributed by atoms with van der Waals surface area (Å²) < 4.78 is 25.3. The molecule has 188 valence electrons. The van der Waals surface area contributed by atoms with E-state index in [9.17, 15) is 9.18 Å². The highest BCUT2D eigenvalue weighted by atomic mass is 19.1. The summed E-state index contributed by atoms with van der Waals surface area (Å²) in [6, 6.07) is 8.36. The first kappa shape index (κ1) is 23.1. The van der Waals surface area contributed by atoms with E-state index in [1.807, 2.05) is 6.07 Å². The van der Waals surface area contributed by atoms with Gasteiger partial charge in [0.2, 0.25) is 11.9 Å². The Bertz CT molecular complexity index is 1220. The first-order valence-corrected chi connectivity index (χ1v) is 12.6. The predicted octanol–water partition coefficient (Wildman–Crippen LogP) is 3.30. The molecular weight excluding hydrogens is 463 g/mol. The smallest absolute Gasteiger partial charge is 0.228 e. The Morgan fingerprint density at radius 3 is 2.56 bits per heavy atom. The number of imidazole rings is 1. The maximum absolute atomic E-state index is 13.6. The molecule has 1 aromatic carbocycles. The standard InChI is InChI=1S/C26H29FN6O3/c27-18-5-3-16(4-6-18)23-24(20-9-10-28-26(31-20)29-12-15-1-2-15)33-21(32-23)11-22-35-13-17(14-36-22)25(34)30-19-7-8-19/h3-6,9-10,15,17,19,22H,1-2,7-8,11-14H2,(H,30,34)(H,32,33)(H,28,29,31). The molecule has 0 radical (unpaired) electrons. The zero-order valence-electron chi connectivity index (χ0n) is 19.9. The van der Waals surface area contributed by atoms with Crippen molar-refractivity contribution in [3.8, 4) is 22.6 Å². The number of aromatic amines is 1. The van der Waals surface area contributed by atoms with Crippen LogP contribution in [0.3, 0.4) is 0 Å². The van der Waals surface area contributed by atoms with E-state index >= 15 is 0 Å². The molecule has 36 heavy (non-hydrogen) atoms. The molecule has 3 N–H and O–H groups in total. The van der Waals surface area contributed by atoms with Gasteiger partial charge in [-0.15, -0.1) is 0 Å². The van der Waals surface area contributed by atoms with E-state index in [1.54, 1.807) is 18.3 Å². The Balaban J connectivity index is 1.20. The topological polar surface area (TPSA) is 114 Å². The largest absolute Gasteiger partial charge is 0.354 e. The summed E-state index contributed by atoms with van der Waals surface area (Å²) >= 11 is 0. The molecular formula is C26H29FN6O3. The van der Waals surface area contributed by atoms with Gasteiger partial charge in [-0.3, -0.25) is 4.79 Å². The SMILES string of the molecule is O=C(NC1CC1)C1COC(Cc2nc(-c3ccc(F)cc3)c(-c3ccnc(NCC4CC4)n3)[nH]2)OC1. The number of H-pyrrole nitrogens is 1. The number of carbonyl (C=O) groups excluding carboxylic acids is 1. The minimum Gasteiger partial charge on any atom is -0.354 e. The highest BCUT2D eigenvalue weighted by molar-refractivity contribution is 5.79. The second-order valence-corrected chi connectivity index (χ2v) is 9.78. The minimum atomic E-state index is -0.517. The summed E-state index contributed by atoms with van der Waals surface area (Å²) in [7, 11) is 0. The van der Waals surface area contributed by atoms with Crippen LogP contribution >= 0.6 is 0 Å². The Kier molecular flexibility index (Phi) is 6.37. The fourth-order valence-corrected chi connectivity index (χ4v) is 4.18. The molecule has 2 saturated carbocycles. The molecule has 10 heteroatoms. The maximum Gasteiger partial charge on any atom is 0.228 e. The number of aromatic nitrogens is 4. The van der Waals surface area contributed by atoms with Gasteiger partial charge in [0.05, 0.1) is 42.6 Å². The number of hydrogen-bond acceptors (Lipinski definition) is 7. The van der Waals surface area contributed by atoms with Gasteiger partial charge in [0.15, 0.2) is 6.29 Å². The monoisotopic (exact) mass is 492 g/mol. The highest BCUT2D eigenvalue weighted by Gasteiger charge is 2.32. The maximum atomic E-state index is 13.6. The first-order valence-electron chi connectivity index (χ1n) is 12.6. The molecule has 0 atom stereocenters. The van der Waals surface area contributed by atoms with E-state index in [2.05, 4.69) is 20.6 Å². The lowest BCUT2D eigenvalue weighted by Crippen LogP contribution is -2.43. The third kappa shape index (κ3) is 5.55. The number of rotatable bonds is 9. The lowest BCUT2D eigenvalue weighted by molar-refractivity contribution is -0.200. The van der Waals surface area contributed by atoms with Gasteiger partial charge in [-0.1, -0.05) is 0 Å². The van der Waals surface area contributed by atoms with Crippen molar-refractivity contribution in [2.24, 2.45) is 11.8 Å². The third-order valence-electron chi connectivity index (χ3n) is 6.65. The van der Waals surface area contributed by atoms with E-state index in [0.717, 1.165) is 24.9 Å². The highest BCUT2D eigenvalue weighted by Crippen LogP contribution is 2.31. The number of carbonyl (C=O) groups is 1. The van der Waals surface area contributed by atoms with Crippen molar-refractivity contribution in [1.29, 1.82) is 0 Å². The molecule has 2 aromatic heterocycles. The van der Waals surface area contributed by atoms with Gasteiger partial charge in [0, 0.05) is 24.3 Å². The van der Waals surface area contributed by atoms with E-state index in [1.165, 1.54) is 25.0 Å². The number of amides is 1. The molecule has 3 fully saturated rings. The van der Waals surface area contributed by atoms with Gasteiger partial charge >= 0.3 is 0 Å². The average molecular weight is 493 g/mol. The quantitative estimate of drug-likeness (QED) is 0.420. The van der Waals surface area contributed by atoms with Crippen molar-refractivity contribution < 1.29 is 18.7 Å². The van der Waals surface area contributed by atoms with Crippen molar-refractivity contribution in [2.75, 3.05) is 25.1 Å². The van der Waals surface area contributed by atoms with E-state index < -0.39 is 6.29 Å². The predicted molar refractivity (Wildman–Crippen MR) is 130 cm³/mol. The van der Waals surface area contributed by atoms with Crippen molar-refractivity contribution >= 4 is 11.9 Å². The van der Waals surface area contributed by atoms with Crippen LogP contribution in [0.5, 0.6) is 0 Å². The zero-order chi connectivity index (χ0) is 24.5. The van der Waals surface area contributed by atoms with Crippen LogP contribution in [0.1, 0.15) is 31.5 Å². The number of halogens is 1. The van der Waals surface area contributed by atoms with Crippen LogP contribution in [-0.2, 0) is 20.7 Å². The summed E-state index contributed by atoms with van der Waals surface area (Å²) in [4.78, 5) is 29.5. The molecule has 3 aliphatic rings. The molecule has 9 nitrogen and oxygen atoms in total. The van der Waals surface area contributed by atoms with Crippen LogP contribution in [-0.4, -0.2) is 57.9 Å². The Labute approximate surface area is 208 Å². The van der Waals surface area contributed by atoms with E-state index in [-0.39, 0.29) is 17.6 Å². The number of nitrogens with one attached hydrogen (secondary N) is 3. The van der Waals surface area contributed by atoms with Crippen molar-refractivity contribution in [3.05, 3.63) is 48.2 Å². The van der Waals surface area contributed by atoms with E-state index in [0.29, 0.717) is 60.4 Å². The molecule has 0 spiro atoms. The van der Waals surface area contributed by atoms with Crippen LogP contribution in [0.4, 0.5) is 10.3 Å². The van der Waals surface area contributed by atoms with Crippen molar-refractivity contribution in [2.45, 2.75) is 44.4 Å². The van der Waals surface area contributed by atoms with Crippen LogP contribution in [0, 0.1) is 17.7 Å². The van der Waals surface area contributed by atoms with Crippen LogP contribution in [0.15, 0.2) is 36.5 Å².